The topological polar surface area (TPSA) is 57.6 Å². The van der Waals surface area contributed by atoms with Crippen LogP contribution in [0.5, 0.6) is 0 Å². The molecule has 0 aromatic heterocycles. The molecule has 1 aromatic rings. The first kappa shape index (κ1) is 15.8. The highest BCUT2D eigenvalue weighted by molar-refractivity contribution is 6.31. The molecule has 0 saturated carbocycles. The van der Waals surface area contributed by atoms with Crippen molar-refractivity contribution in [3.05, 3.63) is 34.3 Å². The molecule has 0 spiro atoms. The Morgan fingerprint density at radius 2 is 2.05 bits per heavy atom. The van der Waals surface area contributed by atoms with Gasteiger partial charge in [-0.15, -0.1) is 0 Å². The van der Waals surface area contributed by atoms with Gasteiger partial charge in [0.1, 0.15) is 6.04 Å². The molecule has 1 aliphatic heterocycles. The number of hydrogen-bond acceptors (Lipinski definition) is 2. The third-order valence-electron chi connectivity index (χ3n) is 4.26. The highest BCUT2D eigenvalue weighted by atomic mass is 35.5. The molecule has 4 nitrogen and oxygen atoms in total. The van der Waals surface area contributed by atoms with Gasteiger partial charge in [-0.1, -0.05) is 31.5 Å². The summed E-state index contributed by atoms with van der Waals surface area (Å²) in [4.78, 5) is 25.9. The highest BCUT2D eigenvalue weighted by Gasteiger charge is 2.44. The maximum Gasteiger partial charge on any atom is 0.326 e. The molecule has 1 aliphatic rings. The van der Waals surface area contributed by atoms with Crippen molar-refractivity contribution in [3.8, 4) is 0 Å². The fourth-order valence-electron chi connectivity index (χ4n) is 3.07. The SMILES string of the molecule is Cc1c(Cl)cccc1C(=O)N1CCCC(C)(C)C1C(=O)O. The Morgan fingerprint density at radius 1 is 1.38 bits per heavy atom. The van der Waals surface area contributed by atoms with E-state index in [9.17, 15) is 14.7 Å². The van der Waals surface area contributed by atoms with E-state index in [-0.39, 0.29) is 5.91 Å². The quantitative estimate of drug-likeness (QED) is 0.911. The van der Waals surface area contributed by atoms with Crippen LogP contribution in [0.2, 0.25) is 5.02 Å². The minimum Gasteiger partial charge on any atom is -0.480 e. The molecule has 0 bridgehead atoms. The number of carboxylic acids is 1. The molecule has 1 unspecified atom stereocenters. The molecule has 0 aliphatic carbocycles. The van der Waals surface area contributed by atoms with Gasteiger partial charge in [0.25, 0.3) is 5.91 Å². The fraction of sp³-hybridized carbons (Fsp3) is 0.500. The van der Waals surface area contributed by atoms with E-state index in [1.807, 2.05) is 13.8 Å². The molecule has 1 atom stereocenters. The van der Waals surface area contributed by atoms with Crippen LogP contribution in [0.3, 0.4) is 0 Å². The summed E-state index contributed by atoms with van der Waals surface area (Å²) in [7, 11) is 0. The Labute approximate surface area is 129 Å². The standard InChI is InChI=1S/C16H20ClNO3/c1-10-11(6-4-7-12(10)17)14(19)18-9-5-8-16(2,3)13(18)15(20)21/h4,6-7,13H,5,8-9H2,1-3H3,(H,20,21). The van der Waals surface area contributed by atoms with Crippen LogP contribution in [-0.4, -0.2) is 34.5 Å². The van der Waals surface area contributed by atoms with Crippen molar-refractivity contribution in [3.63, 3.8) is 0 Å². The summed E-state index contributed by atoms with van der Waals surface area (Å²) in [6.07, 6.45) is 1.60. The minimum atomic E-state index is -0.951. The van der Waals surface area contributed by atoms with Crippen molar-refractivity contribution in [2.75, 3.05) is 6.54 Å². The molecule has 1 N–H and O–H groups in total. The van der Waals surface area contributed by atoms with Crippen LogP contribution in [0, 0.1) is 12.3 Å². The van der Waals surface area contributed by atoms with E-state index in [0.29, 0.717) is 22.7 Å². The van der Waals surface area contributed by atoms with Gasteiger partial charge in [0.05, 0.1) is 0 Å². The van der Waals surface area contributed by atoms with Gasteiger partial charge in [-0.2, -0.15) is 0 Å². The molecule has 1 heterocycles. The zero-order chi connectivity index (χ0) is 15.8. The maximum absolute atomic E-state index is 12.8. The maximum atomic E-state index is 12.8. The molecular formula is C16H20ClNO3. The molecule has 2 rings (SSSR count). The van der Waals surface area contributed by atoms with Crippen molar-refractivity contribution in [1.29, 1.82) is 0 Å². The summed E-state index contributed by atoms with van der Waals surface area (Å²) in [6.45, 7) is 6.04. The predicted octanol–water partition coefficient (Wildman–Crippen LogP) is 3.36. The van der Waals surface area contributed by atoms with Gasteiger partial charge in [-0.05, 0) is 42.9 Å². The molecule has 1 saturated heterocycles. The Morgan fingerprint density at radius 3 is 2.67 bits per heavy atom. The number of carbonyl (C=O) groups is 2. The van der Waals surface area contributed by atoms with Gasteiger partial charge in [0.15, 0.2) is 0 Å². The third-order valence-corrected chi connectivity index (χ3v) is 4.67. The average molecular weight is 310 g/mol. The molecule has 1 fully saturated rings. The minimum absolute atomic E-state index is 0.254. The van der Waals surface area contributed by atoms with Gasteiger partial charge in [-0.25, -0.2) is 4.79 Å². The summed E-state index contributed by atoms with van der Waals surface area (Å²) >= 11 is 6.06. The first-order valence-electron chi connectivity index (χ1n) is 7.04. The summed E-state index contributed by atoms with van der Waals surface area (Å²) in [6, 6.07) is 4.33. The second kappa shape index (κ2) is 5.68. The monoisotopic (exact) mass is 309 g/mol. The van der Waals surface area contributed by atoms with Crippen LogP contribution in [0.15, 0.2) is 18.2 Å². The molecule has 0 radical (unpaired) electrons. The number of aliphatic carboxylic acids is 1. The van der Waals surface area contributed by atoms with Crippen LogP contribution < -0.4 is 0 Å². The number of nitrogens with zero attached hydrogens (tertiary/aromatic N) is 1. The highest BCUT2D eigenvalue weighted by Crippen LogP contribution is 2.36. The van der Waals surface area contributed by atoms with Gasteiger partial charge in [0, 0.05) is 17.1 Å². The molecule has 21 heavy (non-hydrogen) atoms. The fourth-order valence-corrected chi connectivity index (χ4v) is 3.25. The Hall–Kier alpha value is -1.55. The zero-order valence-corrected chi connectivity index (χ0v) is 13.3. The Kier molecular flexibility index (Phi) is 4.28. The number of carboxylic acid groups (broad SMARTS) is 1. The van der Waals surface area contributed by atoms with Crippen molar-refractivity contribution in [2.45, 2.75) is 39.7 Å². The second-order valence-electron chi connectivity index (χ2n) is 6.24. The molecule has 114 valence electrons. The van der Waals surface area contributed by atoms with E-state index in [4.69, 9.17) is 11.6 Å². The van der Waals surface area contributed by atoms with Crippen molar-refractivity contribution < 1.29 is 14.7 Å². The number of rotatable bonds is 2. The molecular weight excluding hydrogens is 290 g/mol. The number of likely N-dealkylation sites (tertiary alicyclic amines) is 1. The number of carbonyl (C=O) groups excluding carboxylic acids is 1. The summed E-state index contributed by atoms with van der Waals surface area (Å²) in [5.74, 6) is -1.21. The van der Waals surface area contributed by atoms with Crippen LogP contribution in [-0.2, 0) is 4.79 Å². The lowest BCUT2D eigenvalue weighted by Gasteiger charge is -2.44. The van der Waals surface area contributed by atoms with Crippen LogP contribution in [0.25, 0.3) is 0 Å². The summed E-state index contributed by atoms with van der Waals surface area (Å²) in [5.41, 5.74) is 0.731. The summed E-state index contributed by atoms with van der Waals surface area (Å²) in [5, 5.41) is 10.1. The van der Waals surface area contributed by atoms with E-state index < -0.39 is 17.4 Å². The second-order valence-corrected chi connectivity index (χ2v) is 6.65. The van der Waals surface area contributed by atoms with E-state index >= 15 is 0 Å². The first-order valence-corrected chi connectivity index (χ1v) is 7.42. The van der Waals surface area contributed by atoms with Gasteiger partial charge in [-0.3, -0.25) is 4.79 Å². The van der Waals surface area contributed by atoms with Crippen LogP contribution in [0.4, 0.5) is 0 Å². The first-order chi connectivity index (χ1) is 9.75. The number of amides is 1. The van der Waals surface area contributed by atoms with E-state index in [1.54, 1.807) is 25.1 Å². The van der Waals surface area contributed by atoms with Crippen molar-refractivity contribution >= 4 is 23.5 Å². The van der Waals surface area contributed by atoms with E-state index in [1.165, 1.54) is 4.90 Å². The average Bonchev–Trinajstić information content (AvgIpc) is 2.39. The van der Waals surface area contributed by atoms with Gasteiger partial charge < -0.3 is 10.0 Å². The van der Waals surface area contributed by atoms with Crippen molar-refractivity contribution in [1.82, 2.24) is 4.90 Å². The lowest BCUT2D eigenvalue weighted by atomic mass is 9.76. The Bertz CT molecular complexity index is 583. The van der Waals surface area contributed by atoms with E-state index in [2.05, 4.69) is 0 Å². The molecule has 5 heteroatoms. The number of hydrogen-bond donors (Lipinski definition) is 1. The van der Waals surface area contributed by atoms with Crippen LogP contribution in [0.1, 0.15) is 42.6 Å². The van der Waals surface area contributed by atoms with Gasteiger partial charge in [0.2, 0.25) is 0 Å². The van der Waals surface area contributed by atoms with Crippen molar-refractivity contribution in [2.24, 2.45) is 5.41 Å². The van der Waals surface area contributed by atoms with Gasteiger partial charge >= 0.3 is 5.97 Å². The summed E-state index contributed by atoms with van der Waals surface area (Å²) < 4.78 is 0. The zero-order valence-electron chi connectivity index (χ0n) is 12.5. The third kappa shape index (κ3) is 2.91. The lowest BCUT2D eigenvalue weighted by molar-refractivity contribution is -0.148. The number of halogens is 1. The lowest BCUT2D eigenvalue weighted by Crippen LogP contribution is -2.56. The van der Waals surface area contributed by atoms with E-state index in [0.717, 1.165) is 12.8 Å². The van der Waals surface area contributed by atoms with Crippen LogP contribution >= 0.6 is 11.6 Å². The number of benzene rings is 1. The predicted molar refractivity (Wildman–Crippen MR) is 81.7 cm³/mol. The number of piperidine rings is 1. The molecule has 1 aromatic carbocycles. The smallest absolute Gasteiger partial charge is 0.326 e. The Balaban J connectivity index is 2.41. The molecule has 1 amide bonds. The normalized spacial score (nSPS) is 21.1. The largest absolute Gasteiger partial charge is 0.480 e.